The molecule has 3 aliphatic rings. The molecule has 1 aromatic carbocycles. The maximum atomic E-state index is 15.2. The van der Waals surface area contributed by atoms with Gasteiger partial charge in [0.15, 0.2) is 29.2 Å². The zero-order valence-corrected chi connectivity index (χ0v) is 21.7. The fourth-order valence-corrected chi connectivity index (χ4v) is 6.88. The Morgan fingerprint density at radius 3 is 2.56 bits per heavy atom. The van der Waals surface area contributed by atoms with Gasteiger partial charge in [0.1, 0.15) is 16.2 Å². The van der Waals surface area contributed by atoms with Gasteiger partial charge in [0.05, 0.1) is 11.7 Å². The second kappa shape index (κ2) is 9.76. The molecule has 2 aliphatic heterocycles. The summed E-state index contributed by atoms with van der Waals surface area (Å²) in [6, 6.07) is 4.63. The van der Waals surface area contributed by atoms with E-state index in [1.807, 2.05) is 0 Å². The van der Waals surface area contributed by atoms with E-state index in [9.17, 15) is 27.2 Å². The molecule has 0 radical (unpaired) electrons. The van der Waals surface area contributed by atoms with Crippen LogP contribution >= 0.6 is 11.8 Å². The largest absolute Gasteiger partial charge is 0.483 e. The molecule has 7 nitrogen and oxygen atoms in total. The van der Waals surface area contributed by atoms with Gasteiger partial charge < -0.3 is 15.4 Å². The minimum Gasteiger partial charge on any atom is -0.483 e. The first kappa shape index (κ1) is 27.4. The molecule has 1 aliphatic carbocycles. The first-order valence-corrected chi connectivity index (χ1v) is 13.1. The Kier molecular flexibility index (Phi) is 6.84. The maximum absolute atomic E-state index is 15.2. The Balaban J connectivity index is 1.38. The topological polar surface area (TPSA) is 97.9 Å². The van der Waals surface area contributed by atoms with E-state index in [0.717, 1.165) is 25.1 Å². The van der Waals surface area contributed by atoms with E-state index in [0.29, 0.717) is 19.5 Å². The molecule has 5 rings (SSSR count). The molecule has 0 bridgehead atoms. The van der Waals surface area contributed by atoms with Crippen molar-refractivity contribution in [2.45, 2.75) is 49.1 Å². The van der Waals surface area contributed by atoms with Crippen LogP contribution in [0.3, 0.4) is 0 Å². The van der Waals surface area contributed by atoms with Crippen molar-refractivity contribution in [3.8, 4) is 5.75 Å². The second-order valence-electron chi connectivity index (χ2n) is 10.2. The smallest absolute Gasteiger partial charge is 0.422 e. The molecule has 13 heteroatoms. The van der Waals surface area contributed by atoms with E-state index in [-0.39, 0.29) is 40.1 Å². The number of fused-ring (bicyclic) bond motifs is 1. The number of halogens is 5. The van der Waals surface area contributed by atoms with Crippen molar-refractivity contribution < 1.29 is 36.3 Å². The number of ketones is 1. The monoisotopic (exact) mass is 568 g/mol. The number of carbonyl (C=O) groups excluding carboxylic acids is 2. The number of thioether (sulfide) groups is 1. The molecule has 1 amide bonds. The van der Waals surface area contributed by atoms with Crippen LogP contribution in [-0.4, -0.2) is 57.4 Å². The van der Waals surface area contributed by atoms with Gasteiger partial charge in [-0.15, -0.1) is 0 Å². The first-order chi connectivity index (χ1) is 18.3. The number of nitrogens with zero attached hydrogens (tertiary/aromatic N) is 3. The number of alkyl halides is 3. The number of pyridine rings is 1. The van der Waals surface area contributed by atoms with Gasteiger partial charge in [0.2, 0.25) is 5.91 Å². The molecule has 39 heavy (non-hydrogen) atoms. The highest BCUT2D eigenvalue weighted by atomic mass is 32.2. The van der Waals surface area contributed by atoms with Gasteiger partial charge in [-0.05, 0) is 56.0 Å². The van der Waals surface area contributed by atoms with Crippen molar-refractivity contribution in [3.63, 3.8) is 0 Å². The molecular formula is C26H25F5N4O3S. The van der Waals surface area contributed by atoms with E-state index in [1.165, 1.54) is 30.0 Å². The Morgan fingerprint density at radius 2 is 1.92 bits per heavy atom. The first-order valence-electron chi connectivity index (χ1n) is 12.3. The number of rotatable bonds is 7. The fourth-order valence-electron chi connectivity index (χ4n) is 5.43. The summed E-state index contributed by atoms with van der Waals surface area (Å²) >= 11 is 1.17. The molecule has 3 heterocycles. The SMILES string of the molecule is C[C@]1(c2cc(CC(=O)c3ccc(OCC(F)(F)F)cn3)cc(F)c2F)N=C(N)S[C@@]2(C(=O)N3CCCC3)C[C@H]21. The van der Waals surface area contributed by atoms with Crippen LogP contribution in [0.25, 0.3) is 0 Å². The quantitative estimate of drug-likeness (QED) is 0.393. The third-order valence-corrected chi connectivity index (χ3v) is 8.69. The lowest BCUT2D eigenvalue weighted by molar-refractivity contribution is -0.153. The number of hydrogen-bond donors (Lipinski definition) is 1. The van der Waals surface area contributed by atoms with E-state index in [4.69, 9.17) is 5.73 Å². The molecule has 208 valence electrons. The summed E-state index contributed by atoms with van der Waals surface area (Å²) in [5.41, 5.74) is 4.76. The average Bonchev–Trinajstić information content (AvgIpc) is 3.37. The lowest BCUT2D eigenvalue weighted by atomic mass is 9.84. The van der Waals surface area contributed by atoms with E-state index < -0.39 is 46.4 Å². The van der Waals surface area contributed by atoms with Crippen molar-refractivity contribution >= 4 is 28.6 Å². The molecule has 0 spiro atoms. The van der Waals surface area contributed by atoms with Gasteiger partial charge >= 0.3 is 6.18 Å². The van der Waals surface area contributed by atoms with Crippen molar-refractivity contribution in [3.05, 3.63) is 58.9 Å². The number of likely N-dealkylation sites (tertiary alicyclic amines) is 1. The molecule has 2 fully saturated rings. The Bertz CT molecular complexity index is 1350. The summed E-state index contributed by atoms with van der Waals surface area (Å²) in [6.45, 7) is 1.40. The predicted molar refractivity (Wildman–Crippen MR) is 133 cm³/mol. The summed E-state index contributed by atoms with van der Waals surface area (Å²) in [6.07, 6.45) is -1.67. The zero-order valence-electron chi connectivity index (χ0n) is 20.9. The summed E-state index contributed by atoms with van der Waals surface area (Å²) in [5, 5.41) is 0.108. The second-order valence-corrected chi connectivity index (χ2v) is 11.5. The fraction of sp³-hybridized carbons (Fsp3) is 0.462. The lowest BCUT2D eigenvalue weighted by Crippen LogP contribution is -2.45. The van der Waals surface area contributed by atoms with E-state index in [1.54, 1.807) is 11.8 Å². The number of nitrogens with two attached hydrogens (primary N) is 1. The van der Waals surface area contributed by atoms with Gasteiger partial charge in [0.25, 0.3) is 0 Å². The Labute approximate surface area is 225 Å². The number of benzene rings is 1. The molecule has 1 aromatic heterocycles. The van der Waals surface area contributed by atoms with Crippen LogP contribution in [0.1, 0.15) is 47.8 Å². The third-order valence-electron chi connectivity index (χ3n) is 7.40. The third kappa shape index (κ3) is 5.20. The molecule has 1 saturated carbocycles. The molecule has 1 saturated heterocycles. The molecular weight excluding hydrogens is 543 g/mol. The van der Waals surface area contributed by atoms with E-state index in [2.05, 4.69) is 14.7 Å². The lowest BCUT2D eigenvalue weighted by Gasteiger charge is -2.35. The number of amidine groups is 1. The van der Waals surface area contributed by atoms with Gasteiger partial charge in [-0.2, -0.15) is 13.2 Å². The van der Waals surface area contributed by atoms with Crippen molar-refractivity contribution in [2.75, 3.05) is 19.7 Å². The molecule has 3 atom stereocenters. The van der Waals surface area contributed by atoms with Crippen LogP contribution in [0.4, 0.5) is 22.0 Å². The minimum atomic E-state index is -4.52. The van der Waals surface area contributed by atoms with Crippen LogP contribution < -0.4 is 10.5 Å². The number of ether oxygens (including phenoxy) is 1. The minimum absolute atomic E-state index is 0.0694. The van der Waals surface area contributed by atoms with Crippen molar-refractivity contribution in [1.82, 2.24) is 9.88 Å². The Hall–Kier alpha value is -3.22. The van der Waals surface area contributed by atoms with Crippen LogP contribution in [0.2, 0.25) is 0 Å². The maximum Gasteiger partial charge on any atom is 0.422 e. The molecule has 2 N–H and O–H groups in total. The highest BCUT2D eigenvalue weighted by Gasteiger charge is 2.71. The summed E-state index contributed by atoms with van der Waals surface area (Å²) < 4.78 is 70.8. The number of Topliss-reactive ketones (excluding diaryl/α,β-unsaturated/α-hetero) is 1. The number of amides is 1. The highest BCUT2D eigenvalue weighted by Crippen LogP contribution is 2.66. The van der Waals surface area contributed by atoms with Gasteiger partial charge in [-0.1, -0.05) is 11.8 Å². The normalized spacial score (nSPS) is 26.2. The number of aliphatic imine (C=N–C) groups is 1. The molecule has 2 aromatic rings. The summed E-state index contributed by atoms with van der Waals surface area (Å²) in [7, 11) is 0. The van der Waals surface area contributed by atoms with Gasteiger partial charge in [-0.25, -0.2) is 13.8 Å². The van der Waals surface area contributed by atoms with Crippen LogP contribution in [0.15, 0.2) is 35.5 Å². The van der Waals surface area contributed by atoms with Crippen LogP contribution in [0.5, 0.6) is 5.75 Å². The number of hydrogen-bond acceptors (Lipinski definition) is 7. The van der Waals surface area contributed by atoms with Gasteiger partial charge in [-0.3, -0.25) is 14.6 Å². The number of carbonyl (C=O) groups is 2. The van der Waals surface area contributed by atoms with Crippen LogP contribution in [0, 0.1) is 17.6 Å². The van der Waals surface area contributed by atoms with Crippen LogP contribution in [-0.2, 0) is 16.8 Å². The standard InChI is InChI=1S/C26H25F5N4O3S/c1-24(20-11-25(20,39-23(32)34-24)22(37)35-6-2-3-7-35)16-8-14(9-17(27)21(16)28)10-19(36)18-5-4-15(12-33-18)38-13-26(29,30)31/h4-5,8-9,12,20H,2-3,6-7,10-11,13H2,1H3,(H2,32,34)/t20-,24+,25-/m0/s1. The molecule has 0 unspecified atom stereocenters. The summed E-state index contributed by atoms with van der Waals surface area (Å²) in [4.78, 5) is 36.3. The average molecular weight is 569 g/mol. The zero-order chi connectivity index (χ0) is 28.2. The highest BCUT2D eigenvalue weighted by molar-refractivity contribution is 8.15. The van der Waals surface area contributed by atoms with E-state index >= 15 is 4.39 Å². The van der Waals surface area contributed by atoms with Gasteiger partial charge in [0, 0.05) is 31.0 Å². The van der Waals surface area contributed by atoms with Crippen molar-refractivity contribution in [2.24, 2.45) is 16.6 Å². The van der Waals surface area contributed by atoms with Crippen molar-refractivity contribution in [1.29, 1.82) is 0 Å². The summed E-state index contributed by atoms with van der Waals surface area (Å²) in [5.74, 6) is -3.53. The number of aromatic nitrogens is 1. The predicted octanol–water partition coefficient (Wildman–Crippen LogP) is 4.38. The Morgan fingerprint density at radius 1 is 1.21 bits per heavy atom.